The number of likely N-dealkylation sites (tertiary alicyclic amines) is 1. The molecule has 1 atom stereocenters. The summed E-state index contributed by atoms with van der Waals surface area (Å²) in [5.74, 6) is -1.51. The first-order valence-corrected chi connectivity index (χ1v) is 11.2. The van der Waals surface area contributed by atoms with Crippen molar-refractivity contribution in [2.75, 3.05) is 31.1 Å². The van der Waals surface area contributed by atoms with E-state index in [4.69, 9.17) is 0 Å². The van der Waals surface area contributed by atoms with Crippen LogP contribution in [0.25, 0.3) is 0 Å². The minimum atomic E-state index is -0.772. The number of hydrogen-bond donors (Lipinski definition) is 1. The van der Waals surface area contributed by atoms with Crippen LogP contribution in [0.2, 0.25) is 0 Å². The third-order valence-electron chi connectivity index (χ3n) is 6.32. The molecule has 9 heteroatoms. The van der Waals surface area contributed by atoms with Gasteiger partial charge in [-0.25, -0.2) is 8.78 Å². The molecule has 0 aliphatic carbocycles. The van der Waals surface area contributed by atoms with Gasteiger partial charge in [0.15, 0.2) is 5.82 Å². The number of aromatic nitrogens is 2. The number of nitrogens with one attached hydrogen (secondary N) is 1. The van der Waals surface area contributed by atoms with Crippen LogP contribution >= 0.6 is 0 Å². The van der Waals surface area contributed by atoms with Crippen LogP contribution in [0.3, 0.4) is 0 Å². The summed E-state index contributed by atoms with van der Waals surface area (Å²) < 4.78 is 26.9. The number of rotatable bonds is 5. The first kappa shape index (κ1) is 22.1. The normalized spacial score (nSPS) is 17.9. The molecule has 5 rings (SSSR count). The fourth-order valence-corrected chi connectivity index (χ4v) is 4.44. The third kappa shape index (κ3) is 4.38. The zero-order valence-electron chi connectivity index (χ0n) is 18.3. The Morgan fingerprint density at radius 1 is 1.03 bits per heavy atom. The molecule has 7 nitrogen and oxygen atoms in total. The second kappa shape index (κ2) is 9.26. The predicted octanol–water partition coefficient (Wildman–Crippen LogP) is 3.27. The van der Waals surface area contributed by atoms with Gasteiger partial charge in [-0.05, 0) is 54.9 Å². The van der Waals surface area contributed by atoms with E-state index in [0.29, 0.717) is 31.1 Å². The summed E-state index contributed by atoms with van der Waals surface area (Å²) >= 11 is 0. The molecular formula is C25H23F2N5O2. The van der Waals surface area contributed by atoms with Crippen LogP contribution in [0, 0.1) is 17.6 Å². The fraction of sp³-hybridized carbons (Fsp3) is 0.280. The maximum atomic E-state index is 13.4. The first-order chi connectivity index (χ1) is 16.5. The smallest absolute Gasteiger partial charge is 0.254 e. The van der Waals surface area contributed by atoms with Crippen molar-refractivity contribution in [2.24, 2.45) is 5.92 Å². The maximum absolute atomic E-state index is 13.4. The van der Waals surface area contributed by atoms with Crippen LogP contribution in [-0.4, -0.2) is 53.1 Å². The Labute approximate surface area is 195 Å². The molecule has 0 bridgehead atoms. The maximum Gasteiger partial charge on any atom is 0.254 e. The lowest BCUT2D eigenvalue weighted by Gasteiger charge is -2.39. The summed E-state index contributed by atoms with van der Waals surface area (Å²) in [6, 6.07) is 14.0. The van der Waals surface area contributed by atoms with Crippen LogP contribution in [0.1, 0.15) is 28.3 Å². The molecule has 0 spiro atoms. The van der Waals surface area contributed by atoms with Gasteiger partial charge < -0.3 is 10.2 Å². The van der Waals surface area contributed by atoms with Crippen LogP contribution in [-0.2, 0) is 4.79 Å². The van der Waals surface area contributed by atoms with E-state index in [1.54, 1.807) is 28.1 Å². The third-order valence-corrected chi connectivity index (χ3v) is 6.32. The van der Waals surface area contributed by atoms with Gasteiger partial charge in [0.2, 0.25) is 5.91 Å². The summed E-state index contributed by atoms with van der Waals surface area (Å²) in [4.78, 5) is 29.0. The molecule has 3 heterocycles. The number of benzene rings is 2. The Balaban J connectivity index is 1.30. The SMILES string of the molecule is O=C(c1cc(F)cc(F)c1)N1CC(c2ccc(N(C(=O)[C@H]3CCNC3)c3cccnn3)cc2)C1. The summed E-state index contributed by atoms with van der Waals surface area (Å²) in [6.07, 6.45) is 2.34. The zero-order valence-corrected chi connectivity index (χ0v) is 18.3. The molecule has 174 valence electrons. The van der Waals surface area contributed by atoms with Crippen LogP contribution in [0.5, 0.6) is 0 Å². The predicted molar refractivity (Wildman–Crippen MR) is 122 cm³/mol. The molecule has 2 aromatic carbocycles. The lowest BCUT2D eigenvalue weighted by atomic mass is 9.90. The fourth-order valence-electron chi connectivity index (χ4n) is 4.44. The largest absolute Gasteiger partial charge is 0.337 e. The van der Waals surface area contributed by atoms with Crippen LogP contribution < -0.4 is 10.2 Å². The monoisotopic (exact) mass is 463 g/mol. The number of nitrogens with zero attached hydrogens (tertiary/aromatic N) is 4. The molecule has 0 unspecified atom stereocenters. The van der Waals surface area contributed by atoms with E-state index in [9.17, 15) is 18.4 Å². The quantitative estimate of drug-likeness (QED) is 0.629. The highest BCUT2D eigenvalue weighted by atomic mass is 19.1. The molecule has 34 heavy (non-hydrogen) atoms. The van der Waals surface area contributed by atoms with Crippen molar-refractivity contribution in [3.05, 3.63) is 83.6 Å². The number of amides is 2. The highest BCUT2D eigenvalue weighted by molar-refractivity contribution is 6.01. The Bertz CT molecular complexity index is 1170. The van der Waals surface area contributed by atoms with Crippen molar-refractivity contribution in [3.63, 3.8) is 0 Å². The summed E-state index contributed by atoms with van der Waals surface area (Å²) in [6.45, 7) is 2.35. The minimum absolute atomic E-state index is 0.00539. The van der Waals surface area contributed by atoms with Gasteiger partial charge in [-0.3, -0.25) is 14.5 Å². The van der Waals surface area contributed by atoms with E-state index in [1.807, 2.05) is 24.3 Å². The average Bonchev–Trinajstić information content (AvgIpc) is 3.34. The van der Waals surface area contributed by atoms with E-state index in [1.165, 1.54) is 0 Å². The van der Waals surface area contributed by atoms with Gasteiger partial charge in [0.25, 0.3) is 5.91 Å². The Kier molecular flexibility index (Phi) is 6.02. The number of hydrogen-bond acceptors (Lipinski definition) is 5. The Morgan fingerprint density at radius 3 is 2.38 bits per heavy atom. The number of carbonyl (C=O) groups excluding carboxylic acids is 2. The van der Waals surface area contributed by atoms with E-state index in [-0.39, 0.29) is 23.3 Å². The molecule has 3 aromatic rings. The van der Waals surface area contributed by atoms with E-state index < -0.39 is 17.5 Å². The van der Waals surface area contributed by atoms with E-state index >= 15 is 0 Å². The average molecular weight is 463 g/mol. The van der Waals surface area contributed by atoms with Gasteiger partial charge in [0.05, 0.1) is 11.6 Å². The van der Waals surface area contributed by atoms with Crippen molar-refractivity contribution < 1.29 is 18.4 Å². The van der Waals surface area contributed by atoms with Gasteiger partial charge in [-0.1, -0.05) is 12.1 Å². The molecule has 2 aliphatic rings. The second-order valence-corrected chi connectivity index (χ2v) is 8.60. The summed E-state index contributed by atoms with van der Waals surface area (Å²) in [5, 5.41) is 11.3. The zero-order chi connectivity index (χ0) is 23.7. The highest BCUT2D eigenvalue weighted by Gasteiger charge is 2.33. The molecule has 0 saturated carbocycles. The van der Waals surface area contributed by atoms with Crippen molar-refractivity contribution in [2.45, 2.75) is 12.3 Å². The highest BCUT2D eigenvalue weighted by Crippen LogP contribution is 2.32. The van der Waals surface area contributed by atoms with Crippen LogP contribution in [0.15, 0.2) is 60.8 Å². The number of carbonyl (C=O) groups is 2. The van der Waals surface area contributed by atoms with E-state index in [2.05, 4.69) is 15.5 Å². The van der Waals surface area contributed by atoms with Crippen molar-refractivity contribution in [3.8, 4) is 0 Å². The minimum Gasteiger partial charge on any atom is -0.337 e. The number of anilines is 2. The van der Waals surface area contributed by atoms with Gasteiger partial charge in [0.1, 0.15) is 11.6 Å². The van der Waals surface area contributed by atoms with Gasteiger partial charge in [-0.15, -0.1) is 5.10 Å². The van der Waals surface area contributed by atoms with Gasteiger partial charge in [0, 0.05) is 43.4 Å². The molecule has 1 N–H and O–H groups in total. The van der Waals surface area contributed by atoms with Gasteiger partial charge >= 0.3 is 0 Å². The van der Waals surface area contributed by atoms with Crippen LogP contribution in [0.4, 0.5) is 20.3 Å². The Morgan fingerprint density at radius 2 is 1.76 bits per heavy atom. The lowest BCUT2D eigenvalue weighted by molar-refractivity contribution is -0.121. The molecule has 2 saturated heterocycles. The molecule has 0 radical (unpaired) electrons. The molecular weight excluding hydrogens is 440 g/mol. The summed E-state index contributed by atoms with van der Waals surface area (Å²) in [5.41, 5.74) is 1.72. The number of halogens is 2. The second-order valence-electron chi connectivity index (χ2n) is 8.60. The molecule has 1 aromatic heterocycles. The standard InChI is InChI=1S/C25H23F2N5O2/c26-20-10-18(11-21(27)12-20)24(33)31-14-19(15-31)16-3-5-22(6-4-16)32(23-2-1-8-29-30-23)25(34)17-7-9-28-13-17/h1-6,8,10-12,17,19,28H,7,9,13-15H2/t17-/m0/s1. The first-order valence-electron chi connectivity index (χ1n) is 11.2. The summed E-state index contributed by atoms with van der Waals surface area (Å²) in [7, 11) is 0. The van der Waals surface area contributed by atoms with Crippen molar-refractivity contribution in [1.29, 1.82) is 0 Å². The molecule has 2 aliphatic heterocycles. The Hall–Kier alpha value is -3.72. The topological polar surface area (TPSA) is 78.4 Å². The molecule has 2 amide bonds. The molecule has 2 fully saturated rings. The van der Waals surface area contributed by atoms with Crippen molar-refractivity contribution >= 4 is 23.3 Å². The van der Waals surface area contributed by atoms with E-state index in [0.717, 1.165) is 36.7 Å². The lowest BCUT2D eigenvalue weighted by Crippen LogP contribution is -2.48. The van der Waals surface area contributed by atoms with Crippen molar-refractivity contribution in [1.82, 2.24) is 20.4 Å². The van der Waals surface area contributed by atoms with Gasteiger partial charge in [-0.2, -0.15) is 5.10 Å².